The summed E-state index contributed by atoms with van der Waals surface area (Å²) >= 11 is 0. The Morgan fingerprint density at radius 1 is 0.935 bits per heavy atom. The highest BCUT2D eigenvalue weighted by atomic mass is 32.2. The molecule has 2 heterocycles. The summed E-state index contributed by atoms with van der Waals surface area (Å²) in [6.45, 7) is 3.87. The van der Waals surface area contributed by atoms with Gasteiger partial charge in [-0.25, -0.2) is 8.42 Å². The molecule has 5 rings (SSSR count). The van der Waals surface area contributed by atoms with Gasteiger partial charge < -0.3 is 14.4 Å². The van der Waals surface area contributed by atoms with Gasteiger partial charge in [0.15, 0.2) is 11.5 Å². The highest BCUT2D eigenvalue weighted by molar-refractivity contribution is 7.96. The Labute approximate surface area is 180 Å². The molecule has 0 aliphatic carbocycles. The average molecular weight is 433 g/mol. The van der Waals surface area contributed by atoms with Crippen molar-refractivity contribution < 1.29 is 22.7 Å². The molecule has 3 aromatic carbocycles. The van der Waals surface area contributed by atoms with Crippen molar-refractivity contribution in [3.63, 3.8) is 0 Å². The Bertz CT molecular complexity index is 1370. The molecule has 0 saturated heterocycles. The summed E-state index contributed by atoms with van der Waals surface area (Å²) in [5, 5.41) is 0. The number of sulfone groups is 1. The van der Waals surface area contributed by atoms with Crippen LogP contribution < -0.4 is 14.4 Å². The number of anilines is 2. The van der Waals surface area contributed by atoms with E-state index in [0.717, 1.165) is 11.1 Å². The van der Waals surface area contributed by atoms with Crippen molar-refractivity contribution in [2.75, 3.05) is 11.7 Å². The van der Waals surface area contributed by atoms with E-state index < -0.39 is 15.6 Å². The van der Waals surface area contributed by atoms with E-state index in [9.17, 15) is 13.2 Å². The third-order valence-electron chi connectivity index (χ3n) is 5.43. The molecule has 0 spiro atoms. The molecular weight excluding hydrogens is 414 g/mol. The van der Waals surface area contributed by atoms with Crippen LogP contribution in [0.15, 0.2) is 76.7 Å². The Morgan fingerprint density at radius 3 is 2.52 bits per heavy atom. The quantitative estimate of drug-likeness (QED) is 0.559. The van der Waals surface area contributed by atoms with E-state index in [-0.39, 0.29) is 16.6 Å². The Balaban J connectivity index is 1.69. The van der Waals surface area contributed by atoms with Crippen LogP contribution in [0.4, 0.5) is 11.4 Å². The number of ether oxygens (including phenoxy) is 2. The molecule has 2 aliphatic heterocycles. The van der Waals surface area contributed by atoms with Crippen molar-refractivity contribution in [2.24, 2.45) is 0 Å². The minimum atomic E-state index is -4.00. The van der Waals surface area contributed by atoms with Gasteiger partial charge in [-0.3, -0.25) is 4.79 Å². The molecule has 2 aliphatic rings. The summed E-state index contributed by atoms with van der Waals surface area (Å²) in [5.41, 5.74) is 3.23. The van der Waals surface area contributed by atoms with Crippen LogP contribution in [0.1, 0.15) is 21.5 Å². The standard InChI is InChI=1S/C24H19NO5S/c1-15-7-9-18(16(2)11-15)24(26)23-13-25(17-8-10-20-21(12-17)30-14-29-20)19-5-3-4-6-22(19)31(23,27)28/h3-13H,14H2,1-2H3. The fourth-order valence-corrected chi connectivity index (χ4v) is 5.42. The van der Waals surface area contributed by atoms with E-state index in [2.05, 4.69) is 0 Å². The van der Waals surface area contributed by atoms with Gasteiger partial charge in [-0.1, -0.05) is 35.9 Å². The highest BCUT2D eigenvalue weighted by Crippen LogP contribution is 2.43. The third kappa shape index (κ3) is 3.09. The van der Waals surface area contributed by atoms with E-state index in [1.54, 1.807) is 60.4 Å². The van der Waals surface area contributed by atoms with Crippen LogP contribution in [0.5, 0.6) is 11.5 Å². The van der Waals surface area contributed by atoms with E-state index >= 15 is 0 Å². The molecule has 156 valence electrons. The lowest BCUT2D eigenvalue weighted by atomic mass is 10.0. The van der Waals surface area contributed by atoms with Crippen LogP contribution in [0.2, 0.25) is 0 Å². The van der Waals surface area contributed by atoms with E-state index in [1.165, 1.54) is 12.3 Å². The maximum absolute atomic E-state index is 13.4. The van der Waals surface area contributed by atoms with Gasteiger partial charge >= 0.3 is 0 Å². The first kappa shape index (κ1) is 19.4. The van der Waals surface area contributed by atoms with Crippen LogP contribution in [-0.4, -0.2) is 21.0 Å². The predicted octanol–water partition coefficient (Wildman–Crippen LogP) is 4.68. The van der Waals surface area contributed by atoms with Gasteiger partial charge in [0, 0.05) is 23.5 Å². The van der Waals surface area contributed by atoms with E-state index in [4.69, 9.17) is 9.47 Å². The number of fused-ring (bicyclic) bond motifs is 2. The molecule has 0 radical (unpaired) electrons. The average Bonchev–Trinajstić information content (AvgIpc) is 3.21. The summed E-state index contributed by atoms with van der Waals surface area (Å²) in [7, 11) is -4.00. The van der Waals surface area contributed by atoms with Gasteiger partial charge in [0.2, 0.25) is 22.4 Å². The summed E-state index contributed by atoms with van der Waals surface area (Å²) in [6.07, 6.45) is 1.40. The number of carbonyl (C=O) groups is 1. The van der Waals surface area contributed by atoms with Gasteiger partial charge in [0.1, 0.15) is 4.91 Å². The molecular formula is C24H19NO5S. The number of hydrogen-bond donors (Lipinski definition) is 0. The Morgan fingerprint density at radius 2 is 1.71 bits per heavy atom. The molecule has 3 aromatic rings. The molecule has 0 unspecified atom stereocenters. The number of benzene rings is 3. The minimum absolute atomic E-state index is 0.0864. The lowest BCUT2D eigenvalue weighted by Crippen LogP contribution is -2.26. The van der Waals surface area contributed by atoms with Crippen LogP contribution in [0.25, 0.3) is 0 Å². The maximum Gasteiger partial charge on any atom is 0.231 e. The normalized spacial score (nSPS) is 15.9. The van der Waals surface area contributed by atoms with Gasteiger partial charge in [0.25, 0.3) is 0 Å². The van der Waals surface area contributed by atoms with Gasteiger partial charge in [-0.15, -0.1) is 0 Å². The lowest BCUT2D eigenvalue weighted by molar-refractivity contribution is 0.104. The van der Waals surface area contributed by atoms with Gasteiger partial charge in [0.05, 0.1) is 10.6 Å². The molecule has 0 saturated carbocycles. The van der Waals surface area contributed by atoms with Gasteiger partial charge in [-0.05, 0) is 43.7 Å². The predicted molar refractivity (Wildman–Crippen MR) is 117 cm³/mol. The molecule has 31 heavy (non-hydrogen) atoms. The summed E-state index contributed by atoms with van der Waals surface area (Å²) in [5.74, 6) is 0.661. The number of nitrogens with zero attached hydrogens (tertiary/aromatic N) is 1. The number of hydrogen-bond acceptors (Lipinski definition) is 6. The molecule has 0 bridgehead atoms. The fraction of sp³-hybridized carbons (Fsp3) is 0.125. The Hall–Kier alpha value is -3.58. The molecule has 7 heteroatoms. The minimum Gasteiger partial charge on any atom is -0.454 e. The number of allylic oxidation sites excluding steroid dienone is 1. The number of rotatable bonds is 3. The van der Waals surface area contributed by atoms with E-state index in [1.807, 2.05) is 13.0 Å². The number of ketones is 1. The Kier molecular flexibility index (Phi) is 4.37. The summed E-state index contributed by atoms with van der Waals surface area (Å²) in [6, 6.07) is 17.3. The van der Waals surface area contributed by atoms with Crippen LogP contribution in [0.3, 0.4) is 0 Å². The topological polar surface area (TPSA) is 72.9 Å². The fourth-order valence-electron chi connectivity index (χ4n) is 3.89. The zero-order valence-corrected chi connectivity index (χ0v) is 17.8. The lowest BCUT2D eigenvalue weighted by Gasteiger charge is -2.29. The van der Waals surface area contributed by atoms with E-state index in [0.29, 0.717) is 28.4 Å². The molecule has 0 N–H and O–H groups in total. The van der Waals surface area contributed by atoms with Crippen molar-refractivity contribution in [3.05, 3.63) is 88.5 Å². The largest absolute Gasteiger partial charge is 0.454 e. The highest BCUT2D eigenvalue weighted by Gasteiger charge is 2.36. The van der Waals surface area contributed by atoms with Crippen LogP contribution >= 0.6 is 0 Å². The molecule has 0 aromatic heterocycles. The van der Waals surface area contributed by atoms with Crippen LogP contribution in [-0.2, 0) is 9.84 Å². The SMILES string of the molecule is Cc1ccc(C(=O)C2=CN(c3ccc4c(c3)OCO4)c3ccccc3S2(=O)=O)c(C)c1. The first-order valence-electron chi connectivity index (χ1n) is 9.73. The van der Waals surface area contributed by atoms with Gasteiger partial charge in [-0.2, -0.15) is 0 Å². The second-order valence-electron chi connectivity index (χ2n) is 7.52. The summed E-state index contributed by atoms with van der Waals surface area (Å²) < 4.78 is 37.7. The number of para-hydroxylation sites is 1. The number of carbonyl (C=O) groups excluding carboxylic acids is 1. The second kappa shape index (κ2) is 6.99. The van der Waals surface area contributed by atoms with Crippen molar-refractivity contribution in [1.29, 1.82) is 0 Å². The van der Waals surface area contributed by atoms with Crippen molar-refractivity contribution in [2.45, 2.75) is 18.7 Å². The maximum atomic E-state index is 13.4. The zero-order valence-electron chi connectivity index (χ0n) is 17.0. The first-order chi connectivity index (χ1) is 14.9. The van der Waals surface area contributed by atoms with Crippen molar-refractivity contribution >= 4 is 27.0 Å². The summed E-state index contributed by atoms with van der Waals surface area (Å²) in [4.78, 5) is 14.9. The monoisotopic (exact) mass is 433 g/mol. The molecule has 0 amide bonds. The molecule has 0 atom stereocenters. The van der Waals surface area contributed by atoms with Crippen LogP contribution in [0, 0.1) is 13.8 Å². The number of aryl methyl sites for hydroxylation is 2. The molecule has 0 fully saturated rings. The number of Topliss-reactive ketones (excluding diaryl/α,β-unsaturated/α-hetero) is 1. The zero-order chi connectivity index (χ0) is 21.8. The second-order valence-corrected chi connectivity index (χ2v) is 9.41. The molecule has 6 nitrogen and oxygen atoms in total. The third-order valence-corrected chi connectivity index (χ3v) is 7.23. The van der Waals surface area contributed by atoms with Crippen molar-refractivity contribution in [3.8, 4) is 11.5 Å². The van der Waals surface area contributed by atoms with Crippen molar-refractivity contribution in [1.82, 2.24) is 0 Å². The first-order valence-corrected chi connectivity index (χ1v) is 11.2. The smallest absolute Gasteiger partial charge is 0.231 e.